The highest BCUT2D eigenvalue weighted by Crippen LogP contribution is 2.00. The molecule has 0 aromatic rings. The summed E-state index contributed by atoms with van der Waals surface area (Å²) in [5.74, 6) is 0.117. The molecule has 0 fully saturated rings. The van der Waals surface area contributed by atoms with E-state index >= 15 is 0 Å². The normalized spacial score (nSPS) is 12.9. The van der Waals surface area contributed by atoms with Crippen molar-refractivity contribution in [3.05, 3.63) is 0 Å². The molecule has 4 N–H and O–H groups in total. The summed E-state index contributed by atoms with van der Waals surface area (Å²) < 4.78 is 0. The lowest BCUT2D eigenvalue weighted by molar-refractivity contribution is -0.123. The van der Waals surface area contributed by atoms with Crippen LogP contribution in [0.4, 0.5) is 0 Å². The standard InChI is InChI=1S/C11H24N2O2/c1-9(2)10(12)11(15)13-7-5-3-4-6-8-14/h9-10,14H,3-8,12H2,1-2H3,(H,13,15)/t10-/m1/s1. The number of amides is 1. The molecule has 0 aromatic carbocycles. The molecule has 0 spiro atoms. The minimum absolute atomic E-state index is 0.0628. The third-order valence-corrected chi connectivity index (χ3v) is 2.41. The van der Waals surface area contributed by atoms with E-state index in [0.717, 1.165) is 25.7 Å². The molecule has 0 aliphatic heterocycles. The van der Waals surface area contributed by atoms with E-state index in [-0.39, 0.29) is 18.4 Å². The fourth-order valence-electron chi connectivity index (χ4n) is 1.22. The molecule has 90 valence electrons. The zero-order chi connectivity index (χ0) is 11.7. The van der Waals surface area contributed by atoms with E-state index in [1.165, 1.54) is 0 Å². The van der Waals surface area contributed by atoms with Gasteiger partial charge in [0.2, 0.25) is 5.91 Å². The quantitative estimate of drug-likeness (QED) is 0.521. The largest absolute Gasteiger partial charge is 0.396 e. The van der Waals surface area contributed by atoms with E-state index in [0.29, 0.717) is 6.54 Å². The van der Waals surface area contributed by atoms with E-state index in [2.05, 4.69) is 5.32 Å². The summed E-state index contributed by atoms with van der Waals surface area (Å²) in [6, 6.07) is -0.401. The van der Waals surface area contributed by atoms with E-state index in [4.69, 9.17) is 10.8 Å². The van der Waals surface area contributed by atoms with Crippen LogP contribution in [0.2, 0.25) is 0 Å². The van der Waals surface area contributed by atoms with Gasteiger partial charge in [0.05, 0.1) is 6.04 Å². The van der Waals surface area contributed by atoms with Crippen molar-refractivity contribution in [2.75, 3.05) is 13.2 Å². The van der Waals surface area contributed by atoms with Gasteiger partial charge in [-0.2, -0.15) is 0 Å². The van der Waals surface area contributed by atoms with Crippen LogP contribution in [0.15, 0.2) is 0 Å². The number of nitrogens with one attached hydrogen (secondary N) is 1. The van der Waals surface area contributed by atoms with Crippen LogP contribution in [-0.2, 0) is 4.79 Å². The Morgan fingerprint density at radius 2 is 1.87 bits per heavy atom. The van der Waals surface area contributed by atoms with Gasteiger partial charge in [-0.15, -0.1) is 0 Å². The predicted octanol–water partition coefficient (Wildman–Crippen LogP) is 0.639. The van der Waals surface area contributed by atoms with Gasteiger partial charge < -0.3 is 16.2 Å². The maximum atomic E-state index is 11.4. The predicted molar refractivity (Wildman–Crippen MR) is 61.4 cm³/mol. The Morgan fingerprint density at radius 1 is 1.27 bits per heavy atom. The number of unbranched alkanes of at least 4 members (excludes halogenated alkanes) is 3. The first-order chi connectivity index (χ1) is 7.09. The number of hydrogen-bond donors (Lipinski definition) is 3. The lowest BCUT2D eigenvalue weighted by atomic mass is 10.1. The van der Waals surface area contributed by atoms with Gasteiger partial charge in [-0.25, -0.2) is 0 Å². The van der Waals surface area contributed by atoms with Crippen LogP contribution < -0.4 is 11.1 Å². The monoisotopic (exact) mass is 216 g/mol. The van der Waals surface area contributed by atoms with Crippen molar-refractivity contribution in [1.29, 1.82) is 0 Å². The van der Waals surface area contributed by atoms with Crippen LogP contribution in [0.3, 0.4) is 0 Å². The maximum absolute atomic E-state index is 11.4. The zero-order valence-corrected chi connectivity index (χ0v) is 9.83. The van der Waals surface area contributed by atoms with Gasteiger partial charge >= 0.3 is 0 Å². The zero-order valence-electron chi connectivity index (χ0n) is 9.83. The molecule has 0 heterocycles. The number of nitrogens with two attached hydrogens (primary N) is 1. The van der Waals surface area contributed by atoms with Crippen molar-refractivity contribution in [1.82, 2.24) is 5.32 Å². The minimum Gasteiger partial charge on any atom is -0.396 e. The molecule has 1 atom stereocenters. The molecule has 0 radical (unpaired) electrons. The Morgan fingerprint density at radius 3 is 2.40 bits per heavy atom. The summed E-state index contributed by atoms with van der Waals surface area (Å²) in [5, 5.41) is 11.4. The van der Waals surface area contributed by atoms with Crippen LogP contribution in [0.1, 0.15) is 39.5 Å². The van der Waals surface area contributed by atoms with Gasteiger partial charge in [0, 0.05) is 13.2 Å². The first-order valence-corrected chi connectivity index (χ1v) is 5.73. The van der Waals surface area contributed by atoms with Gasteiger partial charge in [0.25, 0.3) is 0 Å². The molecule has 0 rings (SSSR count). The fourth-order valence-corrected chi connectivity index (χ4v) is 1.22. The summed E-state index contributed by atoms with van der Waals surface area (Å²) >= 11 is 0. The summed E-state index contributed by atoms with van der Waals surface area (Å²) in [5.41, 5.74) is 5.68. The van der Waals surface area contributed by atoms with Gasteiger partial charge in [0.15, 0.2) is 0 Å². The first kappa shape index (κ1) is 14.4. The fraction of sp³-hybridized carbons (Fsp3) is 0.909. The Labute approximate surface area is 92.2 Å². The molecule has 0 saturated heterocycles. The third-order valence-electron chi connectivity index (χ3n) is 2.41. The third kappa shape index (κ3) is 7.33. The Kier molecular flexibility index (Phi) is 8.33. The lowest BCUT2D eigenvalue weighted by Gasteiger charge is -2.15. The highest BCUT2D eigenvalue weighted by atomic mass is 16.2. The highest BCUT2D eigenvalue weighted by molar-refractivity contribution is 5.81. The molecular formula is C11H24N2O2. The Hall–Kier alpha value is -0.610. The second-order valence-electron chi connectivity index (χ2n) is 4.20. The summed E-state index contributed by atoms with van der Waals surface area (Å²) in [6.07, 6.45) is 3.86. The number of carbonyl (C=O) groups excluding carboxylic acids is 1. The van der Waals surface area contributed by atoms with E-state index in [1.54, 1.807) is 0 Å². The molecule has 0 aliphatic carbocycles. The second-order valence-corrected chi connectivity index (χ2v) is 4.20. The van der Waals surface area contributed by atoms with Gasteiger partial charge in [-0.1, -0.05) is 26.7 Å². The van der Waals surface area contributed by atoms with Crippen LogP contribution >= 0.6 is 0 Å². The highest BCUT2D eigenvalue weighted by Gasteiger charge is 2.15. The van der Waals surface area contributed by atoms with Gasteiger partial charge in [0.1, 0.15) is 0 Å². The maximum Gasteiger partial charge on any atom is 0.237 e. The van der Waals surface area contributed by atoms with Crippen LogP contribution in [-0.4, -0.2) is 30.2 Å². The molecule has 0 bridgehead atoms. The molecule has 1 amide bonds. The Bertz CT molecular complexity index is 172. The van der Waals surface area contributed by atoms with E-state index in [9.17, 15) is 4.79 Å². The van der Waals surface area contributed by atoms with E-state index in [1.807, 2.05) is 13.8 Å². The topological polar surface area (TPSA) is 75.4 Å². The average Bonchev–Trinajstić information content (AvgIpc) is 2.21. The lowest BCUT2D eigenvalue weighted by Crippen LogP contribution is -2.44. The van der Waals surface area contributed by atoms with Crippen molar-refractivity contribution < 1.29 is 9.90 Å². The smallest absolute Gasteiger partial charge is 0.237 e. The molecule has 0 unspecified atom stereocenters. The molecule has 0 saturated carbocycles. The molecule has 0 aromatic heterocycles. The summed E-state index contributed by atoms with van der Waals surface area (Å²) in [7, 11) is 0. The first-order valence-electron chi connectivity index (χ1n) is 5.73. The van der Waals surface area contributed by atoms with Gasteiger partial charge in [-0.3, -0.25) is 4.79 Å². The van der Waals surface area contributed by atoms with Crippen molar-refractivity contribution in [3.8, 4) is 0 Å². The molecule has 4 nitrogen and oxygen atoms in total. The van der Waals surface area contributed by atoms with Crippen LogP contribution in [0.25, 0.3) is 0 Å². The molecular weight excluding hydrogens is 192 g/mol. The molecule has 15 heavy (non-hydrogen) atoms. The average molecular weight is 216 g/mol. The van der Waals surface area contributed by atoms with Crippen molar-refractivity contribution >= 4 is 5.91 Å². The number of aliphatic hydroxyl groups excluding tert-OH is 1. The number of carbonyl (C=O) groups is 1. The molecule has 4 heteroatoms. The van der Waals surface area contributed by atoms with Crippen LogP contribution in [0.5, 0.6) is 0 Å². The number of aliphatic hydroxyl groups is 1. The Balaban J connectivity index is 3.39. The van der Waals surface area contributed by atoms with Gasteiger partial charge in [-0.05, 0) is 18.8 Å². The number of rotatable bonds is 8. The van der Waals surface area contributed by atoms with Crippen LogP contribution in [0, 0.1) is 5.92 Å². The second kappa shape index (κ2) is 8.68. The van der Waals surface area contributed by atoms with Crippen molar-refractivity contribution in [2.45, 2.75) is 45.6 Å². The van der Waals surface area contributed by atoms with Crippen molar-refractivity contribution in [3.63, 3.8) is 0 Å². The SMILES string of the molecule is CC(C)[C@@H](N)C(=O)NCCCCCCO. The molecule has 0 aliphatic rings. The van der Waals surface area contributed by atoms with E-state index < -0.39 is 6.04 Å². The van der Waals surface area contributed by atoms with Crippen molar-refractivity contribution in [2.24, 2.45) is 11.7 Å². The summed E-state index contributed by atoms with van der Waals surface area (Å²) in [4.78, 5) is 11.4. The number of hydrogen-bond acceptors (Lipinski definition) is 3. The summed E-state index contributed by atoms with van der Waals surface area (Å²) in [6.45, 7) is 4.81. The minimum atomic E-state index is -0.401.